The SMILES string of the molecule is CN(C)c1ncnc2c1ncn2CCOc1ccc(F)c(Cl)c1. The lowest BCUT2D eigenvalue weighted by molar-refractivity contribution is 0.299. The van der Waals surface area contributed by atoms with E-state index in [-0.39, 0.29) is 5.02 Å². The van der Waals surface area contributed by atoms with Crippen molar-refractivity contribution in [3.05, 3.63) is 41.7 Å². The summed E-state index contributed by atoms with van der Waals surface area (Å²) < 4.78 is 20.6. The Balaban J connectivity index is 1.72. The zero-order chi connectivity index (χ0) is 16.4. The van der Waals surface area contributed by atoms with Crippen LogP contribution in [0.15, 0.2) is 30.9 Å². The van der Waals surface area contributed by atoms with E-state index in [1.807, 2.05) is 23.6 Å². The molecule has 0 amide bonds. The molecule has 0 aliphatic heterocycles. The summed E-state index contributed by atoms with van der Waals surface area (Å²) in [5.74, 6) is 0.817. The fourth-order valence-corrected chi connectivity index (χ4v) is 2.36. The Morgan fingerprint density at radius 3 is 2.83 bits per heavy atom. The lowest BCUT2D eigenvalue weighted by atomic mass is 10.3. The molecule has 6 nitrogen and oxygen atoms in total. The van der Waals surface area contributed by atoms with Gasteiger partial charge in [-0.25, -0.2) is 19.3 Å². The van der Waals surface area contributed by atoms with E-state index in [9.17, 15) is 4.39 Å². The van der Waals surface area contributed by atoms with Gasteiger partial charge in [0.1, 0.15) is 24.5 Å². The van der Waals surface area contributed by atoms with Crippen LogP contribution in [0.2, 0.25) is 5.02 Å². The summed E-state index contributed by atoms with van der Waals surface area (Å²) in [7, 11) is 3.81. The van der Waals surface area contributed by atoms with Crippen molar-refractivity contribution in [2.75, 3.05) is 25.6 Å². The van der Waals surface area contributed by atoms with Crippen LogP contribution in [0.4, 0.5) is 10.2 Å². The van der Waals surface area contributed by atoms with Gasteiger partial charge in [0.15, 0.2) is 17.0 Å². The van der Waals surface area contributed by atoms with Gasteiger partial charge in [-0.15, -0.1) is 0 Å². The first-order valence-corrected chi connectivity index (χ1v) is 7.35. The van der Waals surface area contributed by atoms with Crippen molar-refractivity contribution in [2.45, 2.75) is 6.54 Å². The summed E-state index contributed by atoms with van der Waals surface area (Å²) in [6, 6.07) is 4.27. The molecule has 2 heterocycles. The molecule has 0 atom stereocenters. The Labute approximate surface area is 137 Å². The first-order chi connectivity index (χ1) is 11.1. The van der Waals surface area contributed by atoms with Crippen molar-refractivity contribution in [1.29, 1.82) is 0 Å². The second-order valence-corrected chi connectivity index (χ2v) is 5.53. The zero-order valence-electron chi connectivity index (χ0n) is 12.7. The van der Waals surface area contributed by atoms with Crippen molar-refractivity contribution in [2.24, 2.45) is 0 Å². The summed E-state index contributed by atoms with van der Waals surface area (Å²) in [5, 5.41) is 0.0407. The molecule has 120 valence electrons. The van der Waals surface area contributed by atoms with E-state index in [0.29, 0.717) is 18.9 Å². The largest absolute Gasteiger partial charge is 0.492 e. The topological polar surface area (TPSA) is 56.1 Å². The summed E-state index contributed by atoms with van der Waals surface area (Å²) in [4.78, 5) is 14.7. The third-order valence-electron chi connectivity index (χ3n) is 3.30. The Morgan fingerprint density at radius 1 is 1.26 bits per heavy atom. The first kappa shape index (κ1) is 15.5. The number of benzene rings is 1. The van der Waals surface area contributed by atoms with Gasteiger partial charge in [-0.3, -0.25) is 0 Å². The molecule has 0 spiro atoms. The number of hydrogen-bond acceptors (Lipinski definition) is 5. The molecule has 0 unspecified atom stereocenters. The molecule has 0 bridgehead atoms. The average molecular weight is 336 g/mol. The molecule has 0 aliphatic rings. The monoisotopic (exact) mass is 335 g/mol. The highest BCUT2D eigenvalue weighted by Crippen LogP contribution is 2.22. The summed E-state index contributed by atoms with van der Waals surface area (Å²) in [5.41, 5.74) is 1.48. The zero-order valence-corrected chi connectivity index (χ0v) is 13.5. The maximum atomic E-state index is 13.1. The maximum absolute atomic E-state index is 13.1. The number of ether oxygens (including phenoxy) is 1. The van der Waals surface area contributed by atoms with Crippen molar-refractivity contribution >= 4 is 28.6 Å². The minimum absolute atomic E-state index is 0.0407. The summed E-state index contributed by atoms with van der Waals surface area (Å²) >= 11 is 5.73. The van der Waals surface area contributed by atoms with Gasteiger partial charge < -0.3 is 14.2 Å². The van der Waals surface area contributed by atoms with E-state index in [0.717, 1.165) is 17.0 Å². The molecule has 0 aliphatic carbocycles. The van der Waals surface area contributed by atoms with Gasteiger partial charge >= 0.3 is 0 Å². The van der Waals surface area contributed by atoms with E-state index >= 15 is 0 Å². The Hall–Kier alpha value is -2.41. The van der Waals surface area contributed by atoms with E-state index in [4.69, 9.17) is 16.3 Å². The number of aromatic nitrogens is 4. The highest BCUT2D eigenvalue weighted by atomic mass is 35.5. The molecule has 0 saturated heterocycles. The molecular formula is C15H15ClFN5O. The lowest BCUT2D eigenvalue weighted by Crippen LogP contribution is -2.12. The van der Waals surface area contributed by atoms with Crippen LogP contribution in [0, 0.1) is 5.82 Å². The summed E-state index contributed by atoms with van der Waals surface area (Å²) in [6.07, 6.45) is 3.21. The molecule has 0 fully saturated rings. The Kier molecular flexibility index (Phi) is 4.29. The molecular weight excluding hydrogens is 321 g/mol. The average Bonchev–Trinajstić information content (AvgIpc) is 2.94. The quantitative estimate of drug-likeness (QED) is 0.717. The maximum Gasteiger partial charge on any atom is 0.165 e. The number of imidazole rings is 1. The first-order valence-electron chi connectivity index (χ1n) is 6.97. The van der Waals surface area contributed by atoms with Gasteiger partial charge in [0, 0.05) is 20.2 Å². The minimum Gasteiger partial charge on any atom is -0.492 e. The van der Waals surface area contributed by atoms with Crippen molar-refractivity contribution < 1.29 is 9.13 Å². The molecule has 23 heavy (non-hydrogen) atoms. The predicted octanol–water partition coefficient (Wildman–Crippen LogP) is 2.76. The molecule has 3 aromatic rings. The fraction of sp³-hybridized carbons (Fsp3) is 0.267. The Morgan fingerprint density at radius 2 is 2.09 bits per heavy atom. The number of hydrogen-bond donors (Lipinski definition) is 0. The third kappa shape index (κ3) is 3.19. The van der Waals surface area contributed by atoms with E-state index in [2.05, 4.69) is 15.0 Å². The van der Waals surface area contributed by atoms with Crippen LogP contribution in [-0.4, -0.2) is 40.2 Å². The van der Waals surface area contributed by atoms with E-state index in [1.54, 1.807) is 12.4 Å². The molecule has 1 aromatic carbocycles. The lowest BCUT2D eigenvalue weighted by Gasteiger charge is -2.11. The second-order valence-electron chi connectivity index (χ2n) is 5.13. The van der Waals surface area contributed by atoms with Crippen LogP contribution in [0.1, 0.15) is 0 Å². The van der Waals surface area contributed by atoms with Crippen LogP contribution in [0.3, 0.4) is 0 Å². The van der Waals surface area contributed by atoms with Crippen LogP contribution in [-0.2, 0) is 6.54 Å². The normalized spacial score (nSPS) is 11.0. The Bertz CT molecular complexity index is 836. The fourth-order valence-electron chi connectivity index (χ4n) is 2.19. The van der Waals surface area contributed by atoms with Crippen LogP contribution < -0.4 is 9.64 Å². The van der Waals surface area contributed by atoms with Gasteiger partial charge in [0.25, 0.3) is 0 Å². The highest BCUT2D eigenvalue weighted by Gasteiger charge is 2.11. The number of fused-ring (bicyclic) bond motifs is 1. The van der Waals surface area contributed by atoms with Crippen LogP contribution in [0.25, 0.3) is 11.2 Å². The molecule has 0 N–H and O–H groups in total. The van der Waals surface area contributed by atoms with E-state index < -0.39 is 5.82 Å². The van der Waals surface area contributed by atoms with Gasteiger partial charge in [0.2, 0.25) is 0 Å². The summed E-state index contributed by atoms with van der Waals surface area (Å²) in [6.45, 7) is 0.935. The van der Waals surface area contributed by atoms with E-state index in [1.165, 1.54) is 18.5 Å². The third-order valence-corrected chi connectivity index (χ3v) is 3.59. The molecule has 2 aromatic heterocycles. The molecule has 8 heteroatoms. The van der Waals surface area contributed by atoms with Gasteiger partial charge in [-0.2, -0.15) is 0 Å². The van der Waals surface area contributed by atoms with Gasteiger partial charge in [0.05, 0.1) is 17.9 Å². The number of rotatable bonds is 5. The van der Waals surface area contributed by atoms with Crippen LogP contribution >= 0.6 is 11.6 Å². The standard InChI is InChI=1S/C15H15ClFN5O/c1-21(2)14-13-15(19-8-18-14)22(9-20-13)5-6-23-10-3-4-12(17)11(16)7-10/h3-4,7-9H,5-6H2,1-2H3. The minimum atomic E-state index is -0.465. The molecule has 0 radical (unpaired) electrons. The van der Waals surface area contributed by atoms with Crippen molar-refractivity contribution in [3.8, 4) is 5.75 Å². The van der Waals surface area contributed by atoms with Gasteiger partial charge in [-0.1, -0.05) is 11.6 Å². The molecule has 3 rings (SSSR count). The smallest absolute Gasteiger partial charge is 0.165 e. The van der Waals surface area contributed by atoms with Crippen LogP contribution in [0.5, 0.6) is 5.75 Å². The number of anilines is 1. The van der Waals surface area contributed by atoms with Gasteiger partial charge in [-0.05, 0) is 12.1 Å². The van der Waals surface area contributed by atoms with Crippen molar-refractivity contribution in [3.63, 3.8) is 0 Å². The highest BCUT2D eigenvalue weighted by molar-refractivity contribution is 6.30. The second kappa shape index (κ2) is 6.37. The van der Waals surface area contributed by atoms with Crippen molar-refractivity contribution in [1.82, 2.24) is 19.5 Å². The number of halogens is 2. The predicted molar refractivity (Wildman–Crippen MR) is 86.6 cm³/mol. The number of nitrogens with zero attached hydrogens (tertiary/aromatic N) is 5. The molecule has 0 saturated carbocycles.